The summed E-state index contributed by atoms with van der Waals surface area (Å²) in [4.78, 5) is 2.59. The van der Waals surface area contributed by atoms with Crippen LogP contribution in [-0.2, 0) is 0 Å². The summed E-state index contributed by atoms with van der Waals surface area (Å²) < 4.78 is 0. The molecule has 106 valence electrons. The number of amidine groups is 1. The average molecular weight is 253 g/mol. The summed E-state index contributed by atoms with van der Waals surface area (Å²) in [5.41, 5.74) is 0. The van der Waals surface area contributed by atoms with Gasteiger partial charge in [-0.1, -0.05) is 20.3 Å². The van der Waals surface area contributed by atoms with Gasteiger partial charge in [0.05, 0.1) is 5.84 Å². The maximum atomic E-state index is 7.79. The molecule has 0 aliphatic carbocycles. The van der Waals surface area contributed by atoms with E-state index in [-0.39, 0.29) is 0 Å². The Labute approximate surface area is 113 Å². The van der Waals surface area contributed by atoms with Crippen molar-refractivity contribution in [1.29, 1.82) is 5.41 Å². The van der Waals surface area contributed by atoms with Crippen LogP contribution in [0.1, 0.15) is 58.8 Å². The Morgan fingerprint density at radius 2 is 1.89 bits per heavy atom. The first-order valence-corrected chi connectivity index (χ1v) is 7.72. The normalized spacial score (nSPS) is 17.1. The maximum Gasteiger partial charge on any atom is 0.0931 e. The number of nitrogens with zero attached hydrogens (tertiary/aromatic N) is 1. The lowest BCUT2D eigenvalue weighted by Crippen LogP contribution is -2.31. The highest BCUT2D eigenvalue weighted by Gasteiger charge is 2.08. The molecule has 0 aromatic heterocycles. The summed E-state index contributed by atoms with van der Waals surface area (Å²) in [7, 11) is 0. The molecule has 1 aliphatic rings. The van der Waals surface area contributed by atoms with E-state index in [1.165, 1.54) is 51.7 Å². The summed E-state index contributed by atoms with van der Waals surface area (Å²) in [6.07, 6.45) is 8.69. The Morgan fingerprint density at radius 3 is 2.56 bits per heavy atom. The van der Waals surface area contributed by atoms with Gasteiger partial charge in [0.25, 0.3) is 0 Å². The second-order valence-corrected chi connectivity index (χ2v) is 5.95. The minimum Gasteiger partial charge on any atom is -0.374 e. The number of nitrogens with one attached hydrogen (secondary N) is 2. The van der Waals surface area contributed by atoms with Crippen LogP contribution in [0.5, 0.6) is 0 Å². The molecule has 1 fully saturated rings. The zero-order valence-corrected chi connectivity index (χ0v) is 12.3. The van der Waals surface area contributed by atoms with Crippen LogP contribution in [0, 0.1) is 11.3 Å². The molecular formula is C15H31N3. The lowest BCUT2D eigenvalue weighted by molar-refractivity contribution is 0.225. The Morgan fingerprint density at radius 1 is 1.17 bits per heavy atom. The molecule has 0 bridgehead atoms. The highest BCUT2D eigenvalue weighted by atomic mass is 15.1. The van der Waals surface area contributed by atoms with Crippen LogP contribution in [-0.4, -0.2) is 36.9 Å². The molecule has 1 aliphatic heterocycles. The summed E-state index contributed by atoms with van der Waals surface area (Å²) in [5.74, 6) is 1.42. The number of unbranched alkanes of at least 4 members (excludes halogenated alkanes) is 1. The number of hydrogen-bond donors (Lipinski definition) is 2. The molecule has 3 heteroatoms. The van der Waals surface area contributed by atoms with Gasteiger partial charge in [0.1, 0.15) is 0 Å². The van der Waals surface area contributed by atoms with Crippen LogP contribution in [0.3, 0.4) is 0 Å². The van der Waals surface area contributed by atoms with Crippen molar-refractivity contribution in [3.05, 3.63) is 0 Å². The van der Waals surface area contributed by atoms with Crippen molar-refractivity contribution >= 4 is 5.84 Å². The van der Waals surface area contributed by atoms with Crippen LogP contribution in [0.4, 0.5) is 0 Å². The van der Waals surface area contributed by atoms with Crippen LogP contribution in [0.25, 0.3) is 0 Å². The van der Waals surface area contributed by atoms with Crippen LogP contribution in [0.2, 0.25) is 0 Å². The van der Waals surface area contributed by atoms with Crippen molar-refractivity contribution in [2.75, 3.05) is 26.2 Å². The van der Waals surface area contributed by atoms with Crippen molar-refractivity contribution in [2.24, 2.45) is 5.92 Å². The smallest absolute Gasteiger partial charge is 0.0931 e. The first-order valence-electron chi connectivity index (χ1n) is 7.72. The quantitative estimate of drug-likeness (QED) is 0.396. The van der Waals surface area contributed by atoms with E-state index in [1.54, 1.807) is 0 Å². The lowest BCUT2D eigenvalue weighted by atomic mass is 10.1. The van der Waals surface area contributed by atoms with E-state index >= 15 is 0 Å². The maximum absolute atomic E-state index is 7.79. The zero-order chi connectivity index (χ0) is 13.2. The summed E-state index contributed by atoms with van der Waals surface area (Å²) in [5, 5.41) is 11.0. The molecule has 0 aromatic carbocycles. The standard InChI is InChI=1S/C15H31N3/c1-14(2)8-9-15(16)17-10-4-7-13-18-11-5-3-6-12-18/h14H,3-13H2,1-2H3,(H2,16,17). The zero-order valence-electron chi connectivity index (χ0n) is 12.3. The van der Waals surface area contributed by atoms with Gasteiger partial charge < -0.3 is 10.2 Å². The molecule has 0 saturated carbocycles. The van der Waals surface area contributed by atoms with Crippen LogP contribution in [0.15, 0.2) is 0 Å². The number of piperidine rings is 1. The third-order valence-electron chi connectivity index (χ3n) is 3.66. The Hall–Kier alpha value is -0.570. The predicted molar refractivity (Wildman–Crippen MR) is 79.3 cm³/mol. The first kappa shape index (κ1) is 15.5. The largest absolute Gasteiger partial charge is 0.374 e. The van der Waals surface area contributed by atoms with Gasteiger partial charge in [-0.2, -0.15) is 0 Å². The molecule has 1 heterocycles. The van der Waals surface area contributed by atoms with Gasteiger partial charge in [-0.15, -0.1) is 0 Å². The third-order valence-corrected chi connectivity index (χ3v) is 3.66. The molecular weight excluding hydrogens is 222 g/mol. The molecule has 0 spiro atoms. The number of rotatable bonds is 8. The Balaban J connectivity index is 1.89. The second-order valence-electron chi connectivity index (χ2n) is 5.95. The molecule has 0 amide bonds. The Bertz CT molecular complexity index is 220. The molecule has 18 heavy (non-hydrogen) atoms. The van der Waals surface area contributed by atoms with Crippen LogP contribution < -0.4 is 5.32 Å². The summed E-state index contributed by atoms with van der Waals surface area (Å²) in [6.45, 7) is 9.26. The fourth-order valence-electron chi connectivity index (χ4n) is 2.40. The van der Waals surface area contributed by atoms with Crippen molar-refractivity contribution < 1.29 is 0 Å². The molecule has 1 saturated heterocycles. The van der Waals surface area contributed by atoms with Crippen molar-refractivity contribution in [1.82, 2.24) is 10.2 Å². The van der Waals surface area contributed by atoms with Gasteiger partial charge in [-0.25, -0.2) is 0 Å². The van der Waals surface area contributed by atoms with Gasteiger partial charge in [-0.05, 0) is 57.7 Å². The number of likely N-dealkylation sites (tertiary alicyclic amines) is 1. The van der Waals surface area contributed by atoms with E-state index in [1.807, 2.05) is 0 Å². The van der Waals surface area contributed by atoms with Crippen molar-refractivity contribution in [3.63, 3.8) is 0 Å². The highest BCUT2D eigenvalue weighted by molar-refractivity contribution is 5.78. The summed E-state index contributed by atoms with van der Waals surface area (Å²) >= 11 is 0. The molecule has 3 nitrogen and oxygen atoms in total. The molecule has 0 atom stereocenters. The van der Waals surface area contributed by atoms with E-state index in [0.29, 0.717) is 5.92 Å². The monoisotopic (exact) mass is 253 g/mol. The van der Waals surface area contributed by atoms with Crippen molar-refractivity contribution in [2.45, 2.75) is 58.8 Å². The fourth-order valence-corrected chi connectivity index (χ4v) is 2.40. The van der Waals surface area contributed by atoms with Gasteiger partial charge in [0, 0.05) is 13.0 Å². The average Bonchev–Trinajstić information content (AvgIpc) is 2.37. The van der Waals surface area contributed by atoms with Crippen molar-refractivity contribution in [3.8, 4) is 0 Å². The van der Waals surface area contributed by atoms with Crippen LogP contribution >= 0.6 is 0 Å². The topological polar surface area (TPSA) is 39.1 Å². The van der Waals surface area contributed by atoms with Gasteiger partial charge in [-0.3, -0.25) is 5.41 Å². The Kier molecular flexibility index (Phi) is 8.06. The van der Waals surface area contributed by atoms with E-state index in [9.17, 15) is 0 Å². The molecule has 0 aromatic rings. The molecule has 0 unspecified atom stereocenters. The molecule has 0 radical (unpaired) electrons. The van der Waals surface area contributed by atoms with E-state index < -0.39 is 0 Å². The van der Waals surface area contributed by atoms with Gasteiger partial charge in [0.15, 0.2) is 0 Å². The number of hydrogen-bond acceptors (Lipinski definition) is 2. The van der Waals surface area contributed by atoms with Gasteiger partial charge in [0.2, 0.25) is 0 Å². The predicted octanol–water partition coefficient (Wildman–Crippen LogP) is 3.26. The first-order chi connectivity index (χ1) is 8.68. The van der Waals surface area contributed by atoms with Gasteiger partial charge >= 0.3 is 0 Å². The van der Waals surface area contributed by atoms with E-state index in [2.05, 4.69) is 24.1 Å². The fraction of sp³-hybridized carbons (Fsp3) is 0.933. The SMILES string of the molecule is CC(C)CCC(=N)NCCCCN1CCCCC1. The third kappa shape index (κ3) is 7.70. The summed E-state index contributed by atoms with van der Waals surface area (Å²) in [6, 6.07) is 0. The van der Waals surface area contributed by atoms with E-state index in [4.69, 9.17) is 5.41 Å². The van der Waals surface area contributed by atoms with E-state index in [0.717, 1.165) is 25.2 Å². The minimum atomic E-state index is 0.700. The molecule has 1 rings (SSSR count). The molecule has 2 N–H and O–H groups in total. The highest BCUT2D eigenvalue weighted by Crippen LogP contribution is 2.09. The lowest BCUT2D eigenvalue weighted by Gasteiger charge is -2.26. The minimum absolute atomic E-state index is 0.700. The second kappa shape index (κ2) is 9.37.